The highest BCUT2D eigenvalue weighted by atomic mass is 16.5. The Bertz CT molecular complexity index is 503. The highest BCUT2D eigenvalue weighted by Gasteiger charge is 2.00. The van der Waals surface area contributed by atoms with Gasteiger partial charge in [0.25, 0.3) is 0 Å². The predicted octanol–water partition coefficient (Wildman–Crippen LogP) is 1.18. The molecule has 16 heavy (non-hydrogen) atoms. The first-order valence-electron chi connectivity index (χ1n) is 4.59. The molecule has 0 saturated carbocycles. The van der Waals surface area contributed by atoms with Crippen molar-refractivity contribution in [3.8, 4) is 23.7 Å². The Morgan fingerprint density at radius 1 is 1.56 bits per heavy atom. The van der Waals surface area contributed by atoms with Gasteiger partial charge in [-0.05, 0) is 25.1 Å². The van der Waals surface area contributed by atoms with Crippen LogP contribution in [0.4, 0.5) is 0 Å². The number of rotatable bonds is 1. The predicted molar refractivity (Wildman–Crippen MR) is 56.3 cm³/mol. The number of aromatic hydroxyl groups is 1. The lowest BCUT2D eigenvalue weighted by atomic mass is 10.1. The second kappa shape index (κ2) is 5.43. The second-order valence-electron chi connectivity index (χ2n) is 2.81. The molecule has 4 heteroatoms. The van der Waals surface area contributed by atoms with Gasteiger partial charge >= 0.3 is 5.97 Å². The Labute approximate surface area is 93.1 Å². The van der Waals surface area contributed by atoms with Crippen LogP contribution in [-0.2, 0) is 9.53 Å². The van der Waals surface area contributed by atoms with Gasteiger partial charge in [-0.25, -0.2) is 4.79 Å². The number of phenolic OH excluding ortho intramolecular Hbond substituents is 1. The molecular weight excluding hydrogens is 206 g/mol. The van der Waals surface area contributed by atoms with Crippen LogP contribution in [0.3, 0.4) is 0 Å². The van der Waals surface area contributed by atoms with Crippen LogP contribution in [0.5, 0.6) is 5.75 Å². The molecule has 0 aliphatic heterocycles. The zero-order valence-corrected chi connectivity index (χ0v) is 8.65. The number of nitriles is 1. The third-order valence-corrected chi connectivity index (χ3v) is 1.70. The molecule has 0 radical (unpaired) electrons. The number of carbonyl (C=O) groups is 1. The topological polar surface area (TPSA) is 70.3 Å². The summed E-state index contributed by atoms with van der Waals surface area (Å²) in [4.78, 5) is 10.9. The zero-order chi connectivity index (χ0) is 12.0. The number of hydrogen-bond acceptors (Lipinski definition) is 4. The fourth-order valence-corrected chi connectivity index (χ4v) is 0.994. The van der Waals surface area contributed by atoms with Crippen LogP contribution in [-0.4, -0.2) is 17.7 Å². The third-order valence-electron chi connectivity index (χ3n) is 1.70. The van der Waals surface area contributed by atoms with E-state index in [1.165, 1.54) is 18.2 Å². The van der Waals surface area contributed by atoms with Gasteiger partial charge in [0.2, 0.25) is 0 Å². The molecule has 0 spiro atoms. The number of ether oxygens (including phenoxy) is 1. The van der Waals surface area contributed by atoms with Gasteiger partial charge < -0.3 is 9.84 Å². The molecule has 0 saturated heterocycles. The van der Waals surface area contributed by atoms with Crippen LogP contribution in [0, 0.1) is 23.2 Å². The highest BCUT2D eigenvalue weighted by Crippen LogP contribution is 2.16. The van der Waals surface area contributed by atoms with Crippen molar-refractivity contribution in [2.24, 2.45) is 0 Å². The zero-order valence-electron chi connectivity index (χ0n) is 8.65. The molecule has 0 aromatic heterocycles. The maximum absolute atomic E-state index is 10.9. The van der Waals surface area contributed by atoms with Crippen LogP contribution in [0.1, 0.15) is 18.1 Å². The molecule has 1 rings (SSSR count). The SMILES string of the molecule is CCOC(=O)C#Cc1ccc(O)c(C#N)c1. The molecule has 1 N–H and O–H groups in total. The molecule has 1 aromatic rings. The van der Waals surface area contributed by atoms with Gasteiger partial charge in [-0.3, -0.25) is 0 Å². The fraction of sp³-hybridized carbons (Fsp3) is 0.167. The van der Waals surface area contributed by atoms with Crippen molar-refractivity contribution in [3.05, 3.63) is 29.3 Å². The Morgan fingerprint density at radius 3 is 2.94 bits per heavy atom. The Hall–Kier alpha value is -2.46. The van der Waals surface area contributed by atoms with Crippen LogP contribution < -0.4 is 0 Å². The van der Waals surface area contributed by atoms with E-state index in [2.05, 4.69) is 16.6 Å². The summed E-state index contributed by atoms with van der Waals surface area (Å²) in [6.07, 6.45) is 0. The lowest BCUT2D eigenvalue weighted by Gasteiger charge is -1.95. The van der Waals surface area contributed by atoms with E-state index >= 15 is 0 Å². The minimum absolute atomic E-state index is 0.107. The van der Waals surface area contributed by atoms with Crippen LogP contribution >= 0.6 is 0 Å². The number of esters is 1. The summed E-state index contributed by atoms with van der Waals surface area (Å²) in [5, 5.41) is 17.9. The number of hydrogen-bond donors (Lipinski definition) is 1. The Morgan fingerprint density at radius 2 is 2.31 bits per heavy atom. The lowest BCUT2D eigenvalue weighted by Crippen LogP contribution is -1.99. The molecule has 80 valence electrons. The van der Waals surface area contributed by atoms with Crippen molar-refractivity contribution in [1.82, 2.24) is 0 Å². The van der Waals surface area contributed by atoms with E-state index in [1.807, 2.05) is 6.07 Å². The van der Waals surface area contributed by atoms with Crippen LogP contribution in [0.15, 0.2) is 18.2 Å². The fourth-order valence-electron chi connectivity index (χ4n) is 0.994. The molecule has 1 aromatic carbocycles. The van der Waals surface area contributed by atoms with E-state index in [4.69, 9.17) is 5.26 Å². The summed E-state index contributed by atoms with van der Waals surface area (Å²) in [6, 6.07) is 6.09. The molecule has 0 bridgehead atoms. The van der Waals surface area contributed by atoms with Crippen molar-refractivity contribution in [3.63, 3.8) is 0 Å². The van der Waals surface area contributed by atoms with E-state index in [1.54, 1.807) is 6.92 Å². The molecule has 4 nitrogen and oxygen atoms in total. The van der Waals surface area contributed by atoms with E-state index in [-0.39, 0.29) is 17.9 Å². The average molecular weight is 215 g/mol. The van der Waals surface area contributed by atoms with Crippen molar-refractivity contribution in [2.45, 2.75) is 6.92 Å². The Balaban J connectivity index is 2.91. The summed E-state index contributed by atoms with van der Waals surface area (Å²) in [5.41, 5.74) is 0.595. The molecule has 0 unspecified atom stereocenters. The van der Waals surface area contributed by atoms with E-state index in [0.717, 1.165) is 0 Å². The molecule has 0 amide bonds. The van der Waals surface area contributed by atoms with Crippen molar-refractivity contribution >= 4 is 5.97 Å². The van der Waals surface area contributed by atoms with Crippen LogP contribution in [0.2, 0.25) is 0 Å². The first-order valence-corrected chi connectivity index (χ1v) is 4.59. The van der Waals surface area contributed by atoms with Crippen molar-refractivity contribution < 1.29 is 14.6 Å². The third kappa shape index (κ3) is 3.04. The quantitative estimate of drug-likeness (QED) is 0.564. The first kappa shape index (κ1) is 11.6. The number of benzene rings is 1. The summed E-state index contributed by atoms with van der Waals surface area (Å²) >= 11 is 0. The van der Waals surface area contributed by atoms with Crippen LogP contribution in [0.25, 0.3) is 0 Å². The van der Waals surface area contributed by atoms with Gasteiger partial charge in [0.1, 0.15) is 11.8 Å². The number of phenols is 1. The Kier molecular flexibility index (Phi) is 3.94. The summed E-state index contributed by atoms with van der Waals surface area (Å²) in [6.45, 7) is 1.96. The number of carbonyl (C=O) groups excluding carboxylic acids is 1. The molecule has 0 atom stereocenters. The number of nitrogens with zero attached hydrogens (tertiary/aromatic N) is 1. The minimum atomic E-state index is -0.617. The van der Waals surface area contributed by atoms with Gasteiger partial charge in [-0.1, -0.05) is 5.92 Å². The van der Waals surface area contributed by atoms with Gasteiger partial charge in [-0.2, -0.15) is 5.26 Å². The summed E-state index contributed by atoms with van der Waals surface area (Å²) in [5.74, 6) is 4.09. The summed E-state index contributed by atoms with van der Waals surface area (Å²) < 4.78 is 4.62. The van der Waals surface area contributed by atoms with Gasteiger partial charge in [-0.15, -0.1) is 0 Å². The van der Waals surface area contributed by atoms with E-state index < -0.39 is 5.97 Å². The molecule has 0 aliphatic rings. The smallest absolute Gasteiger partial charge is 0.384 e. The van der Waals surface area contributed by atoms with E-state index in [9.17, 15) is 9.90 Å². The second-order valence-corrected chi connectivity index (χ2v) is 2.81. The van der Waals surface area contributed by atoms with Gasteiger partial charge in [0.05, 0.1) is 12.2 Å². The van der Waals surface area contributed by atoms with Crippen molar-refractivity contribution in [1.29, 1.82) is 5.26 Å². The lowest BCUT2D eigenvalue weighted by molar-refractivity contribution is -0.136. The maximum atomic E-state index is 10.9. The minimum Gasteiger partial charge on any atom is -0.507 e. The van der Waals surface area contributed by atoms with Gasteiger partial charge in [0, 0.05) is 11.5 Å². The average Bonchev–Trinajstić information content (AvgIpc) is 2.28. The molecule has 0 fully saturated rings. The molecule has 0 aliphatic carbocycles. The monoisotopic (exact) mass is 215 g/mol. The standard InChI is InChI=1S/C12H9NO3/c1-2-16-12(15)6-4-9-3-5-11(14)10(7-9)8-13/h3,5,7,14H,2H2,1H3. The first-order chi connectivity index (χ1) is 7.67. The maximum Gasteiger partial charge on any atom is 0.384 e. The summed E-state index contributed by atoms with van der Waals surface area (Å²) in [7, 11) is 0. The normalized spacial score (nSPS) is 8.50. The highest BCUT2D eigenvalue weighted by molar-refractivity contribution is 5.89. The largest absolute Gasteiger partial charge is 0.507 e. The molecular formula is C12H9NO3. The van der Waals surface area contributed by atoms with E-state index in [0.29, 0.717) is 5.56 Å². The van der Waals surface area contributed by atoms with Crippen molar-refractivity contribution in [2.75, 3.05) is 6.61 Å². The van der Waals surface area contributed by atoms with Gasteiger partial charge in [0.15, 0.2) is 0 Å². The molecule has 0 heterocycles.